The van der Waals surface area contributed by atoms with Crippen LogP contribution in [-0.2, 0) is 13.6 Å². The predicted octanol–water partition coefficient (Wildman–Crippen LogP) is 3.50. The van der Waals surface area contributed by atoms with Gasteiger partial charge in [0.25, 0.3) is 0 Å². The van der Waals surface area contributed by atoms with Crippen molar-refractivity contribution in [3.05, 3.63) is 52.6 Å². The van der Waals surface area contributed by atoms with Crippen LogP contribution in [0.25, 0.3) is 21.9 Å². The van der Waals surface area contributed by atoms with E-state index in [-0.39, 0.29) is 0 Å². The maximum absolute atomic E-state index is 6.56. The summed E-state index contributed by atoms with van der Waals surface area (Å²) in [5.74, 6) is 0.962. The summed E-state index contributed by atoms with van der Waals surface area (Å²) in [6.07, 6.45) is 3.47. The molecule has 4 heterocycles. The lowest BCUT2D eigenvalue weighted by Crippen LogP contribution is -2.46. The molecule has 0 N–H and O–H groups in total. The molecule has 1 aliphatic rings. The second kappa shape index (κ2) is 7.49. The topological polar surface area (TPSA) is 63.0 Å². The molecular formula is C22H24ClN7. The van der Waals surface area contributed by atoms with Gasteiger partial charge in [-0.1, -0.05) is 23.7 Å². The van der Waals surface area contributed by atoms with Gasteiger partial charge in [-0.2, -0.15) is 5.10 Å². The fourth-order valence-corrected chi connectivity index (χ4v) is 4.37. The Morgan fingerprint density at radius 2 is 1.87 bits per heavy atom. The lowest BCUT2D eigenvalue weighted by Gasteiger charge is -2.35. The molecule has 1 fully saturated rings. The molecular weight excluding hydrogens is 398 g/mol. The Hall–Kier alpha value is -2.77. The molecule has 3 aromatic heterocycles. The van der Waals surface area contributed by atoms with E-state index in [2.05, 4.69) is 56.9 Å². The second-order valence-electron chi connectivity index (χ2n) is 7.98. The van der Waals surface area contributed by atoms with Gasteiger partial charge in [0.15, 0.2) is 5.65 Å². The Morgan fingerprint density at radius 1 is 1.07 bits per heavy atom. The predicted molar refractivity (Wildman–Crippen MR) is 120 cm³/mol. The lowest BCUT2D eigenvalue weighted by molar-refractivity contribution is 0.249. The van der Waals surface area contributed by atoms with Gasteiger partial charge in [-0.3, -0.25) is 9.58 Å². The largest absolute Gasteiger partial charge is 0.353 e. The maximum atomic E-state index is 6.56. The van der Waals surface area contributed by atoms with Crippen LogP contribution in [0.5, 0.6) is 0 Å². The van der Waals surface area contributed by atoms with Crippen molar-refractivity contribution in [3.8, 4) is 0 Å². The molecule has 0 bridgehead atoms. The monoisotopic (exact) mass is 421 g/mol. The highest BCUT2D eigenvalue weighted by atomic mass is 35.5. The van der Waals surface area contributed by atoms with Crippen molar-refractivity contribution in [2.45, 2.75) is 20.4 Å². The molecule has 5 rings (SSSR count). The number of pyridine rings is 1. The van der Waals surface area contributed by atoms with Crippen molar-refractivity contribution in [2.24, 2.45) is 7.05 Å². The molecule has 8 heteroatoms. The number of fused-ring (bicyclic) bond motifs is 2. The number of piperazine rings is 1. The first-order valence-corrected chi connectivity index (χ1v) is 10.5. The van der Waals surface area contributed by atoms with Gasteiger partial charge in [0.1, 0.15) is 17.3 Å². The number of hydrogen-bond donors (Lipinski definition) is 0. The molecule has 1 aromatic carbocycles. The van der Waals surface area contributed by atoms with Gasteiger partial charge in [0, 0.05) is 50.7 Å². The average molecular weight is 422 g/mol. The normalized spacial score (nSPS) is 15.4. The third-order valence-electron chi connectivity index (χ3n) is 6.11. The minimum absolute atomic E-state index is 0.603. The molecule has 1 aliphatic heterocycles. The zero-order valence-corrected chi connectivity index (χ0v) is 18.2. The van der Waals surface area contributed by atoms with Crippen molar-refractivity contribution < 1.29 is 0 Å². The summed E-state index contributed by atoms with van der Waals surface area (Å²) in [5, 5.41) is 7.08. The minimum atomic E-state index is 0.603. The van der Waals surface area contributed by atoms with Crippen molar-refractivity contribution >= 4 is 39.4 Å². The molecule has 0 aliphatic carbocycles. The molecule has 0 amide bonds. The van der Waals surface area contributed by atoms with Gasteiger partial charge in [-0.25, -0.2) is 15.0 Å². The number of halogens is 1. The SMILES string of the molecule is Cc1ccc2cc(CN3CCN(c4ncnc5c4cnn5C)CC3)c(Cl)nc2c1C. The molecule has 154 valence electrons. The molecule has 4 aromatic rings. The summed E-state index contributed by atoms with van der Waals surface area (Å²) < 4.78 is 1.79. The van der Waals surface area contributed by atoms with Gasteiger partial charge in [-0.15, -0.1) is 0 Å². The van der Waals surface area contributed by atoms with Gasteiger partial charge in [0.05, 0.1) is 17.1 Å². The summed E-state index contributed by atoms with van der Waals surface area (Å²) in [6.45, 7) is 8.69. The highest BCUT2D eigenvalue weighted by molar-refractivity contribution is 6.30. The number of rotatable bonds is 3. The maximum Gasteiger partial charge on any atom is 0.163 e. The first kappa shape index (κ1) is 19.2. The van der Waals surface area contributed by atoms with Crippen molar-refractivity contribution in [3.63, 3.8) is 0 Å². The Labute approximate surface area is 180 Å². The van der Waals surface area contributed by atoms with E-state index in [1.807, 2.05) is 13.2 Å². The summed E-state index contributed by atoms with van der Waals surface area (Å²) in [4.78, 5) is 18.3. The minimum Gasteiger partial charge on any atom is -0.353 e. The van der Waals surface area contributed by atoms with Crippen molar-refractivity contribution in [1.82, 2.24) is 29.6 Å². The van der Waals surface area contributed by atoms with Gasteiger partial charge < -0.3 is 4.90 Å². The summed E-state index contributed by atoms with van der Waals surface area (Å²) >= 11 is 6.56. The van der Waals surface area contributed by atoms with Crippen LogP contribution in [0, 0.1) is 13.8 Å². The fourth-order valence-electron chi connectivity index (χ4n) is 4.18. The molecule has 0 unspecified atom stereocenters. The summed E-state index contributed by atoms with van der Waals surface area (Å²) in [6, 6.07) is 6.47. The molecule has 30 heavy (non-hydrogen) atoms. The van der Waals surface area contributed by atoms with Crippen LogP contribution < -0.4 is 4.90 Å². The zero-order chi connectivity index (χ0) is 20.8. The summed E-state index contributed by atoms with van der Waals surface area (Å²) in [5.41, 5.74) is 5.38. The van der Waals surface area contributed by atoms with Crippen LogP contribution in [0.1, 0.15) is 16.7 Å². The smallest absolute Gasteiger partial charge is 0.163 e. The van der Waals surface area contributed by atoms with Gasteiger partial charge in [0.2, 0.25) is 0 Å². The lowest BCUT2D eigenvalue weighted by atomic mass is 10.0. The van der Waals surface area contributed by atoms with E-state index in [9.17, 15) is 0 Å². The third kappa shape index (κ3) is 3.28. The number of benzene rings is 1. The Morgan fingerprint density at radius 3 is 2.67 bits per heavy atom. The van der Waals surface area contributed by atoms with E-state index < -0.39 is 0 Å². The number of aryl methyl sites for hydroxylation is 3. The summed E-state index contributed by atoms with van der Waals surface area (Å²) in [7, 11) is 1.90. The van der Waals surface area contributed by atoms with Crippen LogP contribution in [0.15, 0.2) is 30.7 Å². The van der Waals surface area contributed by atoms with E-state index in [1.54, 1.807) is 11.0 Å². The Balaban J connectivity index is 1.33. The van der Waals surface area contributed by atoms with E-state index in [4.69, 9.17) is 16.6 Å². The molecule has 1 saturated heterocycles. The molecule has 0 spiro atoms. The Bertz CT molecular complexity index is 1240. The van der Waals surface area contributed by atoms with Crippen LogP contribution >= 0.6 is 11.6 Å². The molecule has 7 nitrogen and oxygen atoms in total. The standard InChI is InChI=1S/C22H24ClN7/c1-14-4-5-16-10-17(20(23)27-19(16)15(14)2)12-29-6-8-30(9-7-29)22-18-11-26-28(3)21(18)24-13-25-22/h4-5,10-11,13H,6-9,12H2,1-3H3. The first-order valence-electron chi connectivity index (χ1n) is 10.2. The fraction of sp³-hybridized carbons (Fsp3) is 0.364. The van der Waals surface area contributed by atoms with E-state index in [0.29, 0.717) is 5.15 Å². The second-order valence-corrected chi connectivity index (χ2v) is 8.34. The molecule has 0 atom stereocenters. The van der Waals surface area contributed by atoms with Crippen LogP contribution in [0.2, 0.25) is 5.15 Å². The molecule has 0 radical (unpaired) electrons. The Kier molecular flexibility index (Phi) is 4.79. The number of nitrogens with zero attached hydrogens (tertiary/aromatic N) is 7. The number of aromatic nitrogens is 5. The average Bonchev–Trinajstić information content (AvgIpc) is 3.14. The van der Waals surface area contributed by atoms with E-state index in [1.165, 1.54) is 11.1 Å². The van der Waals surface area contributed by atoms with Crippen molar-refractivity contribution in [1.29, 1.82) is 0 Å². The van der Waals surface area contributed by atoms with E-state index in [0.717, 1.165) is 66.0 Å². The first-order chi connectivity index (χ1) is 14.5. The molecule has 0 saturated carbocycles. The quantitative estimate of drug-likeness (QED) is 0.472. The van der Waals surface area contributed by atoms with Crippen LogP contribution in [0.4, 0.5) is 5.82 Å². The number of hydrogen-bond acceptors (Lipinski definition) is 6. The zero-order valence-electron chi connectivity index (χ0n) is 17.4. The highest BCUT2D eigenvalue weighted by Crippen LogP contribution is 2.27. The van der Waals surface area contributed by atoms with E-state index >= 15 is 0 Å². The van der Waals surface area contributed by atoms with Crippen LogP contribution in [-0.4, -0.2) is 55.8 Å². The van der Waals surface area contributed by atoms with Crippen molar-refractivity contribution in [2.75, 3.05) is 31.1 Å². The third-order valence-corrected chi connectivity index (χ3v) is 6.44. The number of anilines is 1. The van der Waals surface area contributed by atoms with Crippen LogP contribution in [0.3, 0.4) is 0 Å². The highest BCUT2D eigenvalue weighted by Gasteiger charge is 2.22. The van der Waals surface area contributed by atoms with Gasteiger partial charge in [-0.05, 0) is 31.0 Å². The van der Waals surface area contributed by atoms with Gasteiger partial charge >= 0.3 is 0 Å².